The Kier molecular flexibility index (Phi) is 14.7. The summed E-state index contributed by atoms with van der Waals surface area (Å²) >= 11 is 0. The Morgan fingerprint density at radius 1 is 0.622 bits per heavy atom. The van der Waals surface area contributed by atoms with Crippen molar-refractivity contribution in [2.75, 3.05) is 0 Å². The van der Waals surface area contributed by atoms with Crippen LogP contribution in [0.3, 0.4) is 0 Å². The summed E-state index contributed by atoms with van der Waals surface area (Å²) in [7, 11) is 0. The highest BCUT2D eigenvalue weighted by molar-refractivity contribution is 5.90. The minimum Gasteiger partial charge on any atom is -0.417 e. The van der Waals surface area contributed by atoms with Gasteiger partial charge in [-0.2, -0.15) is 0 Å². The Morgan fingerprint density at radius 2 is 0.946 bits per heavy atom. The molecule has 5 nitrogen and oxygen atoms in total. The number of esters is 1. The van der Waals surface area contributed by atoms with Crippen LogP contribution < -0.4 is 4.74 Å². The largest absolute Gasteiger partial charge is 0.417 e. The summed E-state index contributed by atoms with van der Waals surface area (Å²) in [5.41, 5.74) is -0.126. The Labute approximate surface area is 250 Å². The third kappa shape index (κ3) is 16.1. The van der Waals surface area contributed by atoms with E-state index in [0.29, 0.717) is 0 Å². The van der Waals surface area contributed by atoms with Crippen molar-refractivity contribution in [3.8, 4) is 148 Å². The SMILES string of the molecule is CC#CC#CC#CC#CC#CC#CC#CC#CC#CC#CC#CC#CC(=O)Oc1ccc([N+](=O)[O-])cc1.[HH].[HH].[HH].[HH].[HH].[HH].[HH].[HH].[HH].[HH].[HH].[HH].[HH].[HH].[HH].[HH].[HH].[HH].[HH].[HH].[HH].[HH].[HH].[HH]. The smallest absolute Gasteiger partial charge is 0.390 e. The summed E-state index contributed by atoms with van der Waals surface area (Å²) < 4.78 is 4.88. The molecule has 0 N–H and O–H groups in total. The molecule has 0 radical (unpaired) electrons. The quantitative estimate of drug-likeness (QED) is 0.102. The molecule has 1 rings (SSSR count). The molecule has 0 aromatic heterocycles. The van der Waals surface area contributed by atoms with E-state index < -0.39 is 10.9 Å². The second-order valence-corrected chi connectivity index (χ2v) is 5.27. The lowest BCUT2D eigenvalue weighted by molar-refractivity contribution is -0.384. The van der Waals surface area contributed by atoms with E-state index in [1.165, 1.54) is 24.3 Å². The monoisotopic (exact) mass is 517 g/mol. The third-order valence-corrected chi connectivity index (χ3v) is 2.86. The average Bonchev–Trinajstić information content (AvgIpc) is 2.89. The molecule has 0 unspecified atom stereocenters. The van der Waals surface area contributed by atoms with Crippen molar-refractivity contribution in [1.29, 1.82) is 0 Å². The van der Waals surface area contributed by atoms with E-state index in [1.807, 2.05) is 0 Å². The van der Waals surface area contributed by atoms with Crippen LogP contribution in [0.5, 0.6) is 5.75 Å². The third-order valence-electron chi connectivity index (χ3n) is 2.86. The lowest BCUT2D eigenvalue weighted by Gasteiger charge is -1.98. The molecule has 37 heavy (non-hydrogen) atoms. The van der Waals surface area contributed by atoms with Gasteiger partial charge in [0.05, 0.1) is 4.92 Å². The van der Waals surface area contributed by atoms with Gasteiger partial charge in [0.15, 0.2) is 0 Å². The molecule has 0 atom stereocenters. The maximum atomic E-state index is 11.5. The summed E-state index contributed by atoms with van der Waals surface area (Å²) in [4.78, 5) is 21.5. The van der Waals surface area contributed by atoms with Crippen LogP contribution >= 0.6 is 0 Å². The molecule has 0 saturated carbocycles. The topological polar surface area (TPSA) is 69.4 Å². The number of carbonyl (C=O) groups excluding carboxylic acids is 1. The van der Waals surface area contributed by atoms with Crippen LogP contribution in [0.2, 0.25) is 0 Å². The van der Waals surface area contributed by atoms with Gasteiger partial charge in [-0.25, -0.2) is 4.79 Å². The zero-order valence-corrected chi connectivity index (χ0v) is 18.9. The molecule has 1 aromatic rings. The van der Waals surface area contributed by atoms with Crippen LogP contribution in [0.15, 0.2) is 24.3 Å². The summed E-state index contributed by atoms with van der Waals surface area (Å²) in [6.07, 6.45) is 0. The fourth-order valence-electron chi connectivity index (χ4n) is 1.54. The fourth-order valence-corrected chi connectivity index (χ4v) is 1.54. The molecule has 0 aliphatic rings. The van der Waals surface area contributed by atoms with E-state index in [9.17, 15) is 14.9 Å². The fraction of sp³-hybridized carbons (Fsp3) is 0.0312. The first kappa shape index (κ1) is 27.8. The Bertz CT molecular complexity index is 1910. The van der Waals surface area contributed by atoms with Gasteiger partial charge in [-0.1, -0.05) is 5.92 Å². The van der Waals surface area contributed by atoms with Crippen LogP contribution in [-0.4, -0.2) is 10.9 Å². The normalized spacial score (nSPS) is 5.86. The van der Waals surface area contributed by atoms with Gasteiger partial charge < -0.3 is 4.74 Å². The molecule has 0 bridgehead atoms. The number of rotatable bonds is 2. The molecule has 5 heteroatoms. The molecule has 0 heterocycles. The van der Waals surface area contributed by atoms with Crippen LogP contribution in [-0.2, 0) is 4.79 Å². The van der Waals surface area contributed by atoms with Crippen molar-refractivity contribution in [2.24, 2.45) is 0 Å². The summed E-state index contributed by atoms with van der Waals surface area (Å²) in [5.74, 6) is 58.0. The highest BCUT2D eigenvalue weighted by Gasteiger charge is 2.06. The van der Waals surface area contributed by atoms with E-state index in [-0.39, 0.29) is 45.7 Å². The Hall–Kier alpha value is -7.19. The second kappa shape index (κ2) is 19.5. The molecule has 0 saturated heterocycles. The molecule has 0 amide bonds. The van der Waals surface area contributed by atoms with E-state index in [1.54, 1.807) is 6.92 Å². The molecular weight excluding hydrogens is 462 g/mol. The summed E-state index contributed by atoms with van der Waals surface area (Å²) in [5, 5.41) is 10.6. The molecule has 212 valence electrons. The Morgan fingerprint density at radius 3 is 1.27 bits per heavy atom. The number of nitro benzene ring substituents is 1. The lowest BCUT2D eigenvalue weighted by Crippen LogP contribution is -2.04. The lowest BCUT2D eigenvalue weighted by atomic mass is 10.3. The summed E-state index contributed by atoms with van der Waals surface area (Å²) in [6.45, 7) is 1.68. The highest BCUT2D eigenvalue weighted by Crippen LogP contribution is 2.17. The summed E-state index contributed by atoms with van der Waals surface area (Å²) in [6, 6.07) is 4.97. The maximum Gasteiger partial charge on any atom is 0.390 e. The van der Waals surface area contributed by atoms with E-state index in [0.717, 1.165) is 0 Å². The van der Waals surface area contributed by atoms with Crippen molar-refractivity contribution in [3.63, 3.8) is 0 Å². The minimum absolute atomic E-state index is 0. The molecular formula is C32H55NO4. The predicted molar refractivity (Wildman–Crippen MR) is 188 cm³/mol. The number of nitrogens with zero attached hydrogens (tertiary/aromatic N) is 1. The average molecular weight is 518 g/mol. The first-order chi connectivity index (χ1) is 18.1. The van der Waals surface area contributed by atoms with E-state index in [2.05, 4.69) is 142 Å². The molecule has 0 spiro atoms. The van der Waals surface area contributed by atoms with Gasteiger partial charge in [-0.3, -0.25) is 10.1 Å². The first-order valence-corrected chi connectivity index (χ1v) is 9.52. The van der Waals surface area contributed by atoms with Gasteiger partial charge in [-0.15, -0.1) is 0 Å². The van der Waals surface area contributed by atoms with Crippen LogP contribution in [0.4, 0.5) is 5.69 Å². The van der Waals surface area contributed by atoms with Crippen molar-refractivity contribution in [2.45, 2.75) is 6.92 Å². The van der Waals surface area contributed by atoms with Crippen LogP contribution in [0.1, 0.15) is 41.2 Å². The molecule has 0 aliphatic heterocycles. The minimum atomic E-state index is -0.872. The number of ether oxygens (including phenoxy) is 1. The van der Waals surface area contributed by atoms with E-state index >= 15 is 0 Å². The van der Waals surface area contributed by atoms with Gasteiger partial charge in [0, 0.05) is 87.8 Å². The second-order valence-electron chi connectivity index (χ2n) is 5.27. The van der Waals surface area contributed by atoms with Crippen LogP contribution in [0.25, 0.3) is 0 Å². The highest BCUT2D eigenvalue weighted by atomic mass is 16.6. The zero-order chi connectivity index (χ0) is 26.8. The number of benzene rings is 1. The van der Waals surface area contributed by atoms with Crippen molar-refractivity contribution < 1.29 is 48.7 Å². The molecule has 1 aromatic carbocycles. The first-order valence-electron chi connectivity index (χ1n) is 9.52. The number of carbonyl (C=O) groups is 1. The van der Waals surface area contributed by atoms with Gasteiger partial charge in [-0.05, 0) is 114 Å². The van der Waals surface area contributed by atoms with Gasteiger partial charge in [0.25, 0.3) is 5.69 Å². The van der Waals surface area contributed by atoms with E-state index in [4.69, 9.17) is 4.74 Å². The number of non-ortho nitro benzene ring substituents is 1. The predicted octanol–water partition coefficient (Wildman–Crippen LogP) is 7.46. The maximum absolute atomic E-state index is 11.5. The van der Waals surface area contributed by atoms with Gasteiger partial charge in [0.2, 0.25) is 0 Å². The van der Waals surface area contributed by atoms with Crippen molar-refractivity contribution >= 4 is 11.7 Å². The Balaban J connectivity index is -0.0000000259. The number of hydrogen-bond donors (Lipinski definition) is 0. The van der Waals surface area contributed by atoms with Crippen molar-refractivity contribution in [3.05, 3.63) is 34.4 Å². The van der Waals surface area contributed by atoms with Crippen LogP contribution in [0, 0.1) is 152 Å². The number of hydrogen-bond acceptors (Lipinski definition) is 4. The van der Waals surface area contributed by atoms with Gasteiger partial charge >= 0.3 is 5.97 Å². The zero-order valence-electron chi connectivity index (χ0n) is 18.9. The molecule has 0 fully saturated rings. The van der Waals surface area contributed by atoms with Gasteiger partial charge in [0.1, 0.15) is 5.75 Å². The number of nitro groups is 1. The standard InChI is InChI=1S/C32H7NO4.24H2/c1-2-3-4-5-6-7-8-9-10-11-12-13-14-15-16-17-18-19-20-21-22-23-24-25-32(34)37-31-28-26-30(27-29-31)33(35)36;;;;;;;;;;;;;;;;;;;;;;;;/h26-29H,1H3;24*1H. The molecule has 0 aliphatic carbocycles. The van der Waals surface area contributed by atoms with Crippen molar-refractivity contribution in [1.82, 2.24) is 0 Å².